The molecule has 0 unspecified atom stereocenters. The summed E-state index contributed by atoms with van der Waals surface area (Å²) in [5.41, 5.74) is 0.463. The van der Waals surface area contributed by atoms with Crippen LogP contribution >= 0.6 is 0 Å². The maximum Gasteiger partial charge on any atom is 0.137 e. The molecule has 0 saturated carbocycles. The molecule has 108 valence electrons. The van der Waals surface area contributed by atoms with Gasteiger partial charge in [-0.25, -0.2) is 4.39 Å². The Bertz CT molecular complexity index is 527. The van der Waals surface area contributed by atoms with Gasteiger partial charge in [-0.1, -0.05) is 12.1 Å². The van der Waals surface area contributed by atoms with Gasteiger partial charge in [0.1, 0.15) is 17.3 Å². The molecule has 1 aromatic carbocycles. The summed E-state index contributed by atoms with van der Waals surface area (Å²) in [4.78, 5) is 0. The summed E-state index contributed by atoms with van der Waals surface area (Å²) in [5.74, 6) is 0.973. The molecule has 0 aliphatic rings. The van der Waals surface area contributed by atoms with Crippen LogP contribution in [-0.2, 0) is 11.3 Å². The van der Waals surface area contributed by atoms with Gasteiger partial charge in [0.25, 0.3) is 0 Å². The zero-order chi connectivity index (χ0) is 14.2. The standard InChI is InChI=1S/C15H18FNO3/c16-14-4-2-1-3-13(14)15-6-5-12(20-15)11-17-7-9-19-10-8-18/h1-6,17-18H,7-11H2. The van der Waals surface area contributed by atoms with Gasteiger partial charge in [-0.3, -0.25) is 0 Å². The van der Waals surface area contributed by atoms with Gasteiger partial charge >= 0.3 is 0 Å². The second-order valence-electron chi connectivity index (χ2n) is 4.26. The fraction of sp³-hybridized carbons (Fsp3) is 0.333. The van der Waals surface area contributed by atoms with E-state index in [9.17, 15) is 4.39 Å². The molecule has 0 bridgehead atoms. The molecular weight excluding hydrogens is 261 g/mol. The first-order valence-corrected chi connectivity index (χ1v) is 6.54. The van der Waals surface area contributed by atoms with Crippen LogP contribution in [-0.4, -0.2) is 31.5 Å². The van der Waals surface area contributed by atoms with Crippen molar-refractivity contribution in [3.05, 3.63) is 48.0 Å². The van der Waals surface area contributed by atoms with E-state index in [0.717, 1.165) is 5.76 Å². The lowest BCUT2D eigenvalue weighted by molar-refractivity contribution is 0.0936. The minimum absolute atomic E-state index is 0.0319. The van der Waals surface area contributed by atoms with Gasteiger partial charge in [0.15, 0.2) is 0 Å². The monoisotopic (exact) mass is 279 g/mol. The van der Waals surface area contributed by atoms with Crippen LogP contribution in [0.2, 0.25) is 0 Å². The third-order valence-corrected chi connectivity index (χ3v) is 2.76. The Labute approximate surface area is 117 Å². The maximum atomic E-state index is 13.6. The van der Waals surface area contributed by atoms with Gasteiger partial charge in [-0.15, -0.1) is 0 Å². The van der Waals surface area contributed by atoms with Gasteiger partial charge in [0.2, 0.25) is 0 Å². The van der Waals surface area contributed by atoms with Crippen LogP contribution in [0.15, 0.2) is 40.8 Å². The van der Waals surface area contributed by atoms with Crippen LogP contribution in [0.1, 0.15) is 5.76 Å². The second kappa shape index (κ2) is 7.79. The highest BCUT2D eigenvalue weighted by atomic mass is 19.1. The smallest absolute Gasteiger partial charge is 0.137 e. The number of halogens is 1. The molecule has 1 aromatic heterocycles. The van der Waals surface area contributed by atoms with Crippen molar-refractivity contribution < 1.29 is 18.7 Å². The highest BCUT2D eigenvalue weighted by Crippen LogP contribution is 2.24. The normalized spacial score (nSPS) is 10.9. The maximum absolute atomic E-state index is 13.6. The van der Waals surface area contributed by atoms with E-state index in [1.807, 2.05) is 6.07 Å². The van der Waals surface area contributed by atoms with Crippen LogP contribution in [0.3, 0.4) is 0 Å². The molecule has 0 fully saturated rings. The van der Waals surface area contributed by atoms with Gasteiger partial charge in [-0.05, 0) is 24.3 Å². The zero-order valence-corrected chi connectivity index (χ0v) is 11.1. The minimum atomic E-state index is -0.293. The zero-order valence-electron chi connectivity index (χ0n) is 11.1. The number of hydrogen-bond donors (Lipinski definition) is 2. The molecule has 2 aromatic rings. The van der Waals surface area contributed by atoms with E-state index in [2.05, 4.69) is 5.32 Å². The number of furan rings is 1. The predicted octanol–water partition coefficient (Wildman–Crippen LogP) is 2.18. The number of aliphatic hydroxyl groups excluding tert-OH is 1. The Balaban J connectivity index is 1.82. The molecule has 0 amide bonds. The third-order valence-electron chi connectivity index (χ3n) is 2.76. The van der Waals surface area contributed by atoms with Crippen molar-refractivity contribution in [1.82, 2.24) is 5.32 Å². The van der Waals surface area contributed by atoms with Crippen molar-refractivity contribution in [2.24, 2.45) is 0 Å². The predicted molar refractivity (Wildman–Crippen MR) is 73.7 cm³/mol. The van der Waals surface area contributed by atoms with Crippen LogP contribution in [0.4, 0.5) is 4.39 Å². The summed E-state index contributed by atoms with van der Waals surface area (Å²) in [5, 5.41) is 11.7. The highest BCUT2D eigenvalue weighted by molar-refractivity contribution is 5.58. The van der Waals surface area contributed by atoms with E-state index in [4.69, 9.17) is 14.3 Å². The van der Waals surface area contributed by atoms with Crippen LogP contribution < -0.4 is 5.32 Å². The number of hydrogen-bond acceptors (Lipinski definition) is 4. The molecule has 0 aliphatic carbocycles. The van der Waals surface area contributed by atoms with E-state index in [-0.39, 0.29) is 12.4 Å². The Morgan fingerprint density at radius 2 is 2.00 bits per heavy atom. The van der Waals surface area contributed by atoms with Crippen molar-refractivity contribution in [1.29, 1.82) is 0 Å². The lowest BCUT2D eigenvalue weighted by Gasteiger charge is -2.03. The second-order valence-corrected chi connectivity index (χ2v) is 4.26. The summed E-state index contributed by atoms with van der Waals surface area (Å²) in [7, 11) is 0. The van der Waals surface area contributed by atoms with Gasteiger partial charge in [0, 0.05) is 6.54 Å². The average Bonchev–Trinajstić information content (AvgIpc) is 2.92. The van der Waals surface area contributed by atoms with E-state index >= 15 is 0 Å². The summed E-state index contributed by atoms with van der Waals surface area (Å²) in [6.45, 7) is 2.12. The first-order chi connectivity index (χ1) is 9.81. The summed E-state index contributed by atoms with van der Waals surface area (Å²) in [6, 6.07) is 10.1. The number of benzene rings is 1. The molecule has 0 saturated heterocycles. The minimum Gasteiger partial charge on any atom is -0.460 e. The average molecular weight is 279 g/mol. The van der Waals surface area contributed by atoms with Crippen LogP contribution in [0, 0.1) is 5.82 Å². The number of nitrogens with one attached hydrogen (secondary N) is 1. The first kappa shape index (κ1) is 14.7. The van der Waals surface area contributed by atoms with Crippen molar-refractivity contribution in [3.8, 4) is 11.3 Å². The molecular formula is C15H18FNO3. The van der Waals surface area contributed by atoms with Crippen LogP contribution in [0.5, 0.6) is 0 Å². The molecule has 0 atom stereocenters. The van der Waals surface area contributed by atoms with Crippen molar-refractivity contribution in [2.75, 3.05) is 26.4 Å². The first-order valence-electron chi connectivity index (χ1n) is 6.54. The number of aliphatic hydroxyl groups is 1. The van der Waals surface area contributed by atoms with Crippen LogP contribution in [0.25, 0.3) is 11.3 Å². The lowest BCUT2D eigenvalue weighted by atomic mass is 10.1. The fourth-order valence-corrected chi connectivity index (χ4v) is 1.80. The molecule has 2 rings (SSSR count). The van der Waals surface area contributed by atoms with Gasteiger partial charge < -0.3 is 19.6 Å². The Morgan fingerprint density at radius 1 is 1.15 bits per heavy atom. The third kappa shape index (κ3) is 4.16. The summed E-state index contributed by atoms with van der Waals surface area (Å²) < 4.78 is 24.3. The van der Waals surface area contributed by atoms with E-state index in [0.29, 0.717) is 37.6 Å². The summed E-state index contributed by atoms with van der Waals surface area (Å²) >= 11 is 0. The molecule has 4 nitrogen and oxygen atoms in total. The molecule has 1 heterocycles. The Hall–Kier alpha value is -1.69. The van der Waals surface area contributed by atoms with Crippen molar-refractivity contribution in [3.63, 3.8) is 0 Å². The molecule has 20 heavy (non-hydrogen) atoms. The SMILES string of the molecule is OCCOCCNCc1ccc(-c2ccccc2F)o1. The fourth-order valence-electron chi connectivity index (χ4n) is 1.80. The summed E-state index contributed by atoms with van der Waals surface area (Å²) in [6.07, 6.45) is 0. The van der Waals surface area contributed by atoms with E-state index in [1.54, 1.807) is 24.3 Å². The topological polar surface area (TPSA) is 54.6 Å². The quantitative estimate of drug-likeness (QED) is 0.727. The Kier molecular flexibility index (Phi) is 5.73. The Morgan fingerprint density at radius 3 is 2.80 bits per heavy atom. The van der Waals surface area contributed by atoms with Gasteiger partial charge in [-0.2, -0.15) is 0 Å². The molecule has 5 heteroatoms. The van der Waals surface area contributed by atoms with Gasteiger partial charge in [0.05, 0.1) is 31.9 Å². The lowest BCUT2D eigenvalue weighted by Crippen LogP contribution is -2.19. The highest BCUT2D eigenvalue weighted by Gasteiger charge is 2.08. The largest absolute Gasteiger partial charge is 0.460 e. The number of ether oxygens (including phenoxy) is 1. The molecule has 0 spiro atoms. The van der Waals surface area contributed by atoms with Crippen molar-refractivity contribution in [2.45, 2.75) is 6.54 Å². The van der Waals surface area contributed by atoms with Crippen molar-refractivity contribution >= 4 is 0 Å². The molecule has 0 aliphatic heterocycles. The number of rotatable bonds is 8. The van der Waals surface area contributed by atoms with E-state index < -0.39 is 0 Å². The molecule has 2 N–H and O–H groups in total. The molecule has 0 radical (unpaired) electrons. The van der Waals surface area contributed by atoms with E-state index in [1.165, 1.54) is 6.07 Å².